The molecular weight excluding hydrogens is 649 g/mol. The van der Waals surface area contributed by atoms with Gasteiger partial charge in [0.1, 0.15) is 11.2 Å². The Morgan fingerprint density at radius 2 is 1.11 bits per heavy atom. The molecule has 0 amide bonds. The largest absolute Gasteiger partial charge is 0.455 e. The molecule has 0 saturated carbocycles. The van der Waals surface area contributed by atoms with Gasteiger partial charge in [-0.05, 0) is 41.0 Å². The Kier molecular flexibility index (Phi) is 6.23. The highest BCUT2D eigenvalue weighted by Crippen LogP contribution is 2.57. The minimum Gasteiger partial charge on any atom is -0.455 e. The summed E-state index contributed by atoms with van der Waals surface area (Å²) in [7, 11) is 0. The summed E-state index contributed by atoms with van der Waals surface area (Å²) in [4.78, 5) is 15.1. The Labute approximate surface area is 305 Å². The average Bonchev–Trinajstić information content (AvgIpc) is 3.84. The zero-order valence-electron chi connectivity index (χ0n) is 29.2. The lowest BCUT2D eigenvalue weighted by molar-refractivity contribution is 0.656. The summed E-state index contributed by atoms with van der Waals surface area (Å²) >= 11 is 0. The summed E-state index contributed by atoms with van der Waals surface area (Å²) in [5, 5.41) is 4.69. The second-order valence-electron chi connectivity index (χ2n) is 14.4. The maximum Gasteiger partial charge on any atom is 0.164 e. The SMILES string of the molecule is CC1(C)c2ccccc2-c2c1c1c(c3ccccc3n1-c1cccc(-c3nc(-c4ccccc4)nc(-c4ccccc4)n3)c1)c1c2oc2ccccc21. The summed E-state index contributed by atoms with van der Waals surface area (Å²) < 4.78 is 9.32. The summed E-state index contributed by atoms with van der Waals surface area (Å²) in [6, 6.07) is 55.0. The second-order valence-corrected chi connectivity index (χ2v) is 14.4. The maximum absolute atomic E-state index is 6.86. The summed E-state index contributed by atoms with van der Waals surface area (Å²) in [5.41, 5.74) is 12.7. The van der Waals surface area contributed by atoms with E-state index in [1.54, 1.807) is 0 Å². The van der Waals surface area contributed by atoms with Crippen molar-refractivity contribution in [2.45, 2.75) is 19.3 Å². The molecule has 1 aliphatic rings. The number of nitrogens with zero attached hydrogens (tertiary/aromatic N) is 4. The molecule has 5 nitrogen and oxygen atoms in total. The first kappa shape index (κ1) is 29.8. The van der Waals surface area contributed by atoms with E-state index in [0.29, 0.717) is 17.5 Å². The van der Waals surface area contributed by atoms with Crippen LogP contribution in [-0.2, 0) is 5.41 Å². The van der Waals surface area contributed by atoms with Crippen LogP contribution in [0.25, 0.3) is 94.7 Å². The summed E-state index contributed by atoms with van der Waals surface area (Å²) in [6.07, 6.45) is 0. The molecule has 5 heteroatoms. The molecule has 0 N–H and O–H groups in total. The first-order chi connectivity index (χ1) is 26.1. The van der Waals surface area contributed by atoms with Crippen molar-refractivity contribution in [3.8, 4) is 51.0 Å². The molecule has 53 heavy (non-hydrogen) atoms. The lowest BCUT2D eigenvalue weighted by atomic mass is 9.81. The Bertz CT molecular complexity index is 3020. The number of furan rings is 1. The van der Waals surface area contributed by atoms with Gasteiger partial charge in [0.25, 0.3) is 0 Å². The van der Waals surface area contributed by atoms with E-state index in [4.69, 9.17) is 19.4 Å². The van der Waals surface area contributed by atoms with E-state index in [0.717, 1.165) is 49.8 Å². The van der Waals surface area contributed by atoms with Gasteiger partial charge in [0.05, 0.1) is 11.0 Å². The van der Waals surface area contributed by atoms with Crippen LogP contribution in [0.5, 0.6) is 0 Å². The number of hydrogen-bond donors (Lipinski definition) is 0. The van der Waals surface area contributed by atoms with Crippen molar-refractivity contribution in [2.24, 2.45) is 0 Å². The summed E-state index contributed by atoms with van der Waals surface area (Å²) in [5.74, 6) is 1.91. The van der Waals surface area contributed by atoms with E-state index >= 15 is 0 Å². The van der Waals surface area contributed by atoms with Crippen LogP contribution >= 0.6 is 0 Å². The van der Waals surface area contributed by atoms with Crippen molar-refractivity contribution in [1.29, 1.82) is 0 Å². The fourth-order valence-electron chi connectivity index (χ4n) is 8.67. The van der Waals surface area contributed by atoms with Crippen LogP contribution in [0.4, 0.5) is 0 Å². The van der Waals surface area contributed by atoms with E-state index < -0.39 is 0 Å². The number of para-hydroxylation sites is 2. The third-order valence-electron chi connectivity index (χ3n) is 11.0. The standard InChI is InChI=1S/C48H32N4O/c1-48(2)36-25-12-9-22-33(36)41-42(48)43-39(40-35-24-11-14-27-38(35)53-44(40)41)34-23-10-13-26-37(34)52(43)32-21-15-20-31(28-32)47-50-45(29-16-5-3-6-17-29)49-46(51-47)30-18-7-4-8-19-30/h3-28H,1-2H3. The van der Waals surface area contributed by atoms with Gasteiger partial charge >= 0.3 is 0 Å². The molecule has 0 saturated heterocycles. The molecule has 0 atom stereocenters. The highest BCUT2D eigenvalue weighted by atomic mass is 16.3. The van der Waals surface area contributed by atoms with Crippen molar-refractivity contribution in [2.75, 3.05) is 0 Å². The number of hydrogen-bond acceptors (Lipinski definition) is 4. The third-order valence-corrected chi connectivity index (χ3v) is 11.0. The molecule has 10 aromatic rings. The number of aromatic nitrogens is 4. The van der Waals surface area contributed by atoms with E-state index in [1.165, 1.54) is 38.5 Å². The topological polar surface area (TPSA) is 56.7 Å². The molecule has 3 aromatic heterocycles. The van der Waals surface area contributed by atoms with Crippen LogP contribution in [0.3, 0.4) is 0 Å². The zero-order valence-corrected chi connectivity index (χ0v) is 29.2. The Hall–Kier alpha value is -6.85. The molecule has 0 aliphatic heterocycles. The van der Waals surface area contributed by atoms with Crippen LogP contribution in [0.1, 0.15) is 25.0 Å². The van der Waals surface area contributed by atoms with E-state index in [2.05, 4.69) is 115 Å². The van der Waals surface area contributed by atoms with E-state index in [-0.39, 0.29) is 5.41 Å². The molecule has 0 unspecified atom stereocenters. The molecule has 0 bridgehead atoms. The van der Waals surface area contributed by atoms with Crippen molar-refractivity contribution < 1.29 is 4.42 Å². The molecule has 3 heterocycles. The predicted molar refractivity (Wildman–Crippen MR) is 215 cm³/mol. The molecule has 0 fully saturated rings. The minimum absolute atomic E-state index is 0.287. The normalized spacial score (nSPS) is 13.2. The van der Waals surface area contributed by atoms with Crippen molar-refractivity contribution in [3.05, 3.63) is 169 Å². The zero-order chi connectivity index (χ0) is 35.3. The van der Waals surface area contributed by atoms with Gasteiger partial charge in [0.2, 0.25) is 0 Å². The van der Waals surface area contributed by atoms with Crippen molar-refractivity contribution in [1.82, 2.24) is 19.5 Å². The van der Waals surface area contributed by atoms with Crippen molar-refractivity contribution in [3.63, 3.8) is 0 Å². The molecule has 1 aliphatic carbocycles. The second kappa shape index (κ2) is 11.1. The fraction of sp³-hybridized carbons (Fsp3) is 0.0625. The van der Waals surface area contributed by atoms with Crippen molar-refractivity contribution >= 4 is 43.7 Å². The minimum atomic E-state index is -0.287. The lowest BCUT2D eigenvalue weighted by Crippen LogP contribution is -2.16. The first-order valence-corrected chi connectivity index (χ1v) is 18.0. The Morgan fingerprint density at radius 1 is 0.528 bits per heavy atom. The first-order valence-electron chi connectivity index (χ1n) is 18.0. The summed E-state index contributed by atoms with van der Waals surface area (Å²) in [6.45, 7) is 4.70. The molecule has 0 radical (unpaired) electrons. The number of benzene rings is 7. The van der Waals surface area contributed by atoms with Crippen LogP contribution in [0.2, 0.25) is 0 Å². The van der Waals surface area contributed by atoms with Gasteiger partial charge < -0.3 is 8.98 Å². The van der Waals surface area contributed by atoms with Gasteiger partial charge in [-0.2, -0.15) is 0 Å². The van der Waals surface area contributed by atoms with Crippen LogP contribution < -0.4 is 0 Å². The highest BCUT2D eigenvalue weighted by molar-refractivity contribution is 6.31. The van der Waals surface area contributed by atoms with Crippen LogP contribution in [0, 0.1) is 0 Å². The Balaban J connectivity index is 1.24. The lowest BCUT2D eigenvalue weighted by Gasteiger charge is -2.24. The molecule has 7 aromatic carbocycles. The van der Waals surface area contributed by atoms with Gasteiger partial charge in [-0.25, -0.2) is 15.0 Å². The molecule has 250 valence electrons. The van der Waals surface area contributed by atoms with Gasteiger partial charge in [0.15, 0.2) is 17.5 Å². The van der Waals surface area contributed by atoms with E-state index in [1.807, 2.05) is 60.7 Å². The quantitative estimate of drug-likeness (QED) is 0.186. The van der Waals surface area contributed by atoms with Gasteiger partial charge in [0, 0.05) is 54.9 Å². The molecular formula is C48H32N4O. The smallest absolute Gasteiger partial charge is 0.164 e. The fourth-order valence-corrected chi connectivity index (χ4v) is 8.67. The predicted octanol–water partition coefficient (Wildman–Crippen LogP) is 12.2. The van der Waals surface area contributed by atoms with Gasteiger partial charge in [-0.3, -0.25) is 0 Å². The maximum atomic E-state index is 6.86. The Morgan fingerprint density at radius 3 is 1.85 bits per heavy atom. The highest BCUT2D eigenvalue weighted by Gasteiger charge is 2.41. The third kappa shape index (κ3) is 4.28. The number of fused-ring (bicyclic) bond motifs is 12. The molecule has 11 rings (SSSR count). The monoisotopic (exact) mass is 680 g/mol. The van der Waals surface area contributed by atoms with Crippen LogP contribution in [0.15, 0.2) is 162 Å². The number of rotatable bonds is 4. The van der Waals surface area contributed by atoms with Crippen LogP contribution in [-0.4, -0.2) is 19.5 Å². The average molecular weight is 681 g/mol. The van der Waals surface area contributed by atoms with Gasteiger partial charge in [-0.1, -0.05) is 147 Å². The van der Waals surface area contributed by atoms with E-state index in [9.17, 15) is 0 Å². The van der Waals surface area contributed by atoms with Gasteiger partial charge in [-0.15, -0.1) is 0 Å². The molecule has 0 spiro atoms.